The van der Waals surface area contributed by atoms with E-state index >= 15 is 0 Å². The van der Waals surface area contributed by atoms with E-state index in [0.717, 1.165) is 56.2 Å². The van der Waals surface area contributed by atoms with Crippen LogP contribution in [0.1, 0.15) is 12.5 Å². The number of piperazine rings is 1. The average molecular weight is 457 g/mol. The van der Waals surface area contributed by atoms with Gasteiger partial charge in [0.2, 0.25) is 10.0 Å². The van der Waals surface area contributed by atoms with Gasteiger partial charge in [-0.3, -0.25) is 0 Å². The van der Waals surface area contributed by atoms with E-state index in [1.54, 1.807) is 6.20 Å². The number of sulfonamides is 1. The SMILES string of the molecule is CCN1CCN(c2ccc(CNS(=O)(=O)c3ccc(F)cc3Br)cn2)CC1. The molecule has 1 saturated heterocycles. The first-order chi connectivity index (χ1) is 12.9. The van der Waals surface area contributed by atoms with E-state index in [1.165, 1.54) is 6.07 Å². The summed E-state index contributed by atoms with van der Waals surface area (Å²) in [5, 5.41) is 0. The molecule has 9 heteroatoms. The maximum absolute atomic E-state index is 13.2. The minimum Gasteiger partial charge on any atom is -0.354 e. The van der Waals surface area contributed by atoms with Crippen LogP contribution in [0.4, 0.5) is 10.2 Å². The number of halogens is 2. The summed E-state index contributed by atoms with van der Waals surface area (Å²) >= 11 is 3.09. The van der Waals surface area contributed by atoms with Crippen molar-refractivity contribution in [2.24, 2.45) is 0 Å². The van der Waals surface area contributed by atoms with Gasteiger partial charge in [0, 0.05) is 43.4 Å². The highest BCUT2D eigenvalue weighted by molar-refractivity contribution is 9.10. The molecule has 146 valence electrons. The Kier molecular flexibility index (Phi) is 6.46. The van der Waals surface area contributed by atoms with Crippen molar-refractivity contribution in [2.75, 3.05) is 37.6 Å². The van der Waals surface area contributed by atoms with E-state index in [2.05, 4.69) is 42.4 Å². The number of benzene rings is 1. The molecule has 0 unspecified atom stereocenters. The Balaban J connectivity index is 1.61. The van der Waals surface area contributed by atoms with Crippen molar-refractivity contribution in [3.05, 3.63) is 52.4 Å². The summed E-state index contributed by atoms with van der Waals surface area (Å²) in [6, 6.07) is 7.27. The lowest BCUT2D eigenvalue weighted by Gasteiger charge is -2.34. The van der Waals surface area contributed by atoms with Gasteiger partial charge in [-0.2, -0.15) is 0 Å². The molecule has 0 atom stereocenters. The van der Waals surface area contributed by atoms with Gasteiger partial charge in [-0.1, -0.05) is 13.0 Å². The van der Waals surface area contributed by atoms with Crippen LogP contribution < -0.4 is 9.62 Å². The molecule has 0 bridgehead atoms. The highest BCUT2D eigenvalue weighted by atomic mass is 79.9. The van der Waals surface area contributed by atoms with Gasteiger partial charge in [-0.15, -0.1) is 0 Å². The second-order valence-electron chi connectivity index (χ2n) is 6.35. The third-order valence-corrected chi connectivity index (χ3v) is 6.98. The van der Waals surface area contributed by atoms with Crippen molar-refractivity contribution < 1.29 is 12.8 Å². The molecule has 2 aromatic rings. The van der Waals surface area contributed by atoms with Crippen LogP contribution in [0.2, 0.25) is 0 Å². The predicted octanol–water partition coefficient (Wildman–Crippen LogP) is 2.60. The van der Waals surface area contributed by atoms with Crippen molar-refractivity contribution in [3.8, 4) is 0 Å². The summed E-state index contributed by atoms with van der Waals surface area (Å²) < 4.78 is 40.7. The molecule has 0 amide bonds. The second kappa shape index (κ2) is 8.64. The third-order valence-electron chi connectivity index (χ3n) is 4.60. The Labute approximate surface area is 167 Å². The predicted molar refractivity (Wildman–Crippen MR) is 107 cm³/mol. The number of aromatic nitrogens is 1. The highest BCUT2D eigenvalue weighted by Gasteiger charge is 2.19. The van der Waals surface area contributed by atoms with Gasteiger partial charge in [0.05, 0.1) is 4.90 Å². The number of hydrogen-bond acceptors (Lipinski definition) is 5. The molecule has 3 rings (SSSR count). The van der Waals surface area contributed by atoms with Crippen molar-refractivity contribution in [3.63, 3.8) is 0 Å². The topological polar surface area (TPSA) is 65.5 Å². The summed E-state index contributed by atoms with van der Waals surface area (Å²) in [6.45, 7) is 7.25. The molecular weight excluding hydrogens is 435 g/mol. The summed E-state index contributed by atoms with van der Waals surface area (Å²) in [5.74, 6) is 0.402. The molecule has 6 nitrogen and oxygen atoms in total. The van der Waals surface area contributed by atoms with Gasteiger partial charge in [-0.05, 0) is 52.3 Å². The fourth-order valence-electron chi connectivity index (χ4n) is 2.95. The first-order valence-electron chi connectivity index (χ1n) is 8.76. The van der Waals surface area contributed by atoms with E-state index in [9.17, 15) is 12.8 Å². The van der Waals surface area contributed by atoms with E-state index < -0.39 is 15.8 Å². The summed E-state index contributed by atoms with van der Waals surface area (Å²) in [4.78, 5) is 9.10. The Morgan fingerprint density at radius 2 is 1.93 bits per heavy atom. The number of nitrogens with zero attached hydrogens (tertiary/aromatic N) is 3. The van der Waals surface area contributed by atoms with Gasteiger partial charge < -0.3 is 9.80 Å². The van der Waals surface area contributed by atoms with Gasteiger partial charge in [-0.25, -0.2) is 22.5 Å². The van der Waals surface area contributed by atoms with Crippen LogP contribution in [0.3, 0.4) is 0 Å². The Morgan fingerprint density at radius 1 is 1.19 bits per heavy atom. The van der Waals surface area contributed by atoms with Crippen LogP contribution in [0, 0.1) is 5.82 Å². The van der Waals surface area contributed by atoms with Gasteiger partial charge in [0.1, 0.15) is 11.6 Å². The second-order valence-corrected chi connectivity index (χ2v) is 8.93. The molecule has 27 heavy (non-hydrogen) atoms. The number of nitrogens with one attached hydrogen (secondary N) is 1. The zero-order chi connectivity index (χ0) is 19.4. The molecule has 0 aliphatic carbocycles. The lowest BCUT2D eigenvalue weighted by Crippen LogP contribution is -2.46. The average Bonchev–Trinajstić information content (AvgIpc) is 2.67. The van der Waals surface area contributed by atoms with E-state index in [4.69, 9.17) is 0 Å². The largest absolute Gasteiger partial charge is 0.354 e. The van der Waals surface area contributed by atoms with E-state index in [0.29, 0.717) is 0 Å². The molecule has 1 aromatic heterocycles. The van der Waals surface area contributed by atoms with Crippen molar-refractivity contribution >= 4 is 31.8 Å². The molecular formula is C18H22BrFN4O2S. The highest BCUT2D eigenvalue weighted by Crippen LogP contribution is 2.23. The molecule has 0 saturated carbocycles. The lowest BCUT2D eigenvalue weighted by molar-refractivity contribution is 0.270. The summed E-state index contributed by atoms with van der Waals surface area (Å²) in [5.41, 5.74) is 0.757. The van der Waals surface area contributed by atoms with E-state index in [-0.39, 0.29) is 15.9 Å². The fourth-order valence-corrected chi connectivity index (χ4v) is 5.02. The maximum Gasteiger partial charge on any atom is 0.241 e. The Bertz CT molecular complexity index is 885. The fraction of sp³-hybridized carbons (Fsp3) is 0.389. The van der Waals surface area contributed by atoms with Crippen LogP contribution in [0.5, 0.6) is 0 Å². The molecule has 1 aliphatic rings. The third kappa shape index (κ3) is 5.04. The van der Waals surface area contributed by atoms with Crippen molar-refractivity contribution in [2.45, 2.75) is 18.4 Å². The lowest BCUT2D eigenvalue weighted by atomic mass is 10.2. The van der Waals surface area contributed by atoms with Gasteiger partial charge in [0.25, 0.3) is 0 Å². The normalized spacial score (nSPS) is 15.9. The quantitative estimate of drug-likeness (QED) is 0.723. The minimum absolute atomic E-state index is 0.00211. The molecule has 2 heterocycles. The molecule has 1 fully saturated rings. The zero-order valence-corrected chi connectivity index (χ0v) is 17.4. The zero-order valence-electron chi connectivity index (χ0n) is 15.0. The Morgan fingerprint density at radius 3 is 2.52 bits per heavy atom. The summed E-state index contributed by atoms with van der Waals surface area (Å²) in [7, 11) is -3.75. The molecule has 1 aliphatic heterocycles. The van der Waals surface area contributed by atoms with Crippen molar-refractivity contribution in [1.29, 1.82) is 0 Å². The first kappa shape index (κ1) is 20.2. The Hall–Kier alpha value is -1.55. The maximum atomic E-state index is 13.2. The monoisotopic (exact) mass is 456 g/mol. The smallest absolute Gasteiger partial charge is 0.241 e. The molecule has 1 aromatic carbocycles. The van der Waals surface area contributed by atoms with Crippen LogP contribution in [0.25, 0.3) is 0 Å². The van der Waals surface area contributed by atoms with Gasteiger partial charge >= 0.3 is 0 Å². The standard InChI is InChI=1S/C18H22BrFN4O2S/c1-2-23-7-9-24(10-8-23)18-6-3-14(12-21-18)13-22-27(25,26)17-5-4-15(20)11-16(17)19/h3-6,11-12,22H,2,7-10,13H2,1H3. The van der Waals surface area contributed by atoms with Crippen molar-refractivity contribution in [1.82, 2.24) is 14.6 Å². The van der Waals surface area contributed by atoms with Gasteiger partial charge in [0.15, 0.2) is 0 Å². The van der Waals surface area contributed by atoms with Crippen LogP contribution >= 0.6 is 15.9 Å². The number of pyridine rings is 1. The number of likely N-dealkylation sites (N-methyl/N-ethyl adjacent to an activating group) is 1. The molecule has 0 radical (unpaired) electrons. The summed E-state index contributed by atoms with van der Waals surface area (Å²) in [6.07, 6.45) is 1.68. The van der Waals surface area contributed by atoms with Crippen LogP contribution in [-0.2, 0) is 16.6 Å². The first-order valence-corrected chi connectivity index (χ1v) is 11.0. The molecule has 0 spiro atoms. The number of rotatable bonds is 6. The van der Waals surface area contributed by atoms with E-state index in [1.807, 2.05) is 12.1 Å². The molecule has 1 N–H and O–H groups in total. The van der Waals surface area contributed by atoms with Crippen LogP contribution in [-0.4, -0.2) is 51.0 Å². The van der Waals surface area contributed by atoms with Crippen LogP contribution in [0.15, 0.2) is 45.9 Å². The number of anilines is 1. The number of hydrogen-bond donors (Lipinski definition) is 1. The minimum atomic E-state index is -3.75.